The van der Waals surface area contributed by atoms with Crippen molar-refractivity contribution >= 4 is 17.6 Å². The number of ketones is 1. The van der Waals surface area contributed by atoms with E-state index in [1.54, 1.807) is 0 Å². The number of carbonyl (C=O) groups excluding carboxylic acids is 3. The first-order chi connectivity index (χ1) is 11.5. The fourth-order valence-corrected chi connectivity index (χ4v) is 2.03. The van der Waals surface area contributed by atoms with Gasteiger partial charge in [0.15, 0.2) is 5.78 Å². The summed E-state index contributed by atoms with van der Waals surface area (Å²) in [5.74, 6) is -1.50. The first kappa shape index (κ1) is 17.3. The molecule has 0 saturated heterocycles. The molecule has 0 aliphatic heterocycles. The van der Waals surface area contributed by atoms with Gasteiger partial charge in [-0.3, -0.25) is 25.2 Å². The summed E-state index contributed by atoms with van der Waals surface area (Å²) in [4.78, 5) is 35.2. The fraction of sp³-hybridized carbons (Fsp3) is 0.167. The van der Waals surface area contributed by atoms with Gasteiger partial charge < -0.3 is 0 Å². The van der Waals surface area contributed by atoms with Crippen molar-refractivity contribution in [1.29, 1.82) is 0 Å². The summed E-state index contributed by atoms with van der Waals surface area (Å²) in [5.41, 5.74) is 5.74. The molecule has 0 heterocycles. The van der Waals surface area contributed by atoms with Crippen molar-refractivity contribution in [3.05, 3.63) is 71.5 Å². The molecule has 0 radical (unpaired) electrons. The zero-order chi connectivity index (χ0) is 17.4. The highest BCUT2D eigenvalue weighted by Gasteiger charge is 2.10. The van der Waals surface area contributed by atoms with Gasteiger partial charge in [-0.1, -0.05) is 30.3 Å². The van der Waals surface area contributed by atoms with Gasteiger partial charge in [-0.25, -0.2) is 4.39 Å². The van der Waals surface area contributed by atoms with Crippen LogP contribution in [-0.2, 0) is 16.0 Å². The topological polar surface area (TPSA) is 75.3 Å². The molecule has 2 N–H and O–H groups in total. The summed E-state index contributed by atoms with van der Waals surface area (Å²) in [5, 5.41) is 0. The van der Waals surface area contributed by atoms with E-state index in [-0.39, 0.29) is 31.0 Å². The van der Waals surface area contributed by atoms with Crippen LogP contribution in [0.3, 0.4) is 0 Å². The van der Waals surface area contributed by atoms with E-state index in [4.69, 9.17) is 0 Å². The highest BCUT2D eigenvalue weighted by Crippen LogP contribution is 2.07. The summed E-state index contributed by atoms with van der Waals surface area (Å²) in [6, 6.07) is 14.2. The number of carbonyl (C=O) groups is 3. The van der Waals surface area contributed by atoms with Crippen molar-refractivity contribution in [2.45, 2.75) is 19.3 Å². The van der Waals surface area contributed by atoms with Crippen LogP contribution in [0.2, 0.25) is 0 Å². The van der Waals surface area contributed by atoms with E-state index < -0.39 is 11.7 Å². The minimum absolute atomic E-state index is 0.0218. The maximum absolute atomic E-state index is 12.8. The van der Waals surface area contributed by atoms with Crippen LogP contribution in [0.4, 0.5) is 4.39 Å². The average Bonchev–Trinajstić information content (AvgIpc) is 2.59. The molecule has 0 saturated carbocycles. The third-order valence-corrected chi connectivity index (χ3v) is 3.29. The Kier molecular flexibility index (Phi) is 6.19. The predicted molar refractivity (Wildman–Crippen MR) is 86.4 cm³/mol. The Bertz CT molecular complexity index is 715. The average molecular weight is 328 g/mol. The third-order valence-electron chi connectivity index (χ3n) is 3.29. The lowest BCUT2D eigenvalue weighted by molar-refractivity contribution is -0.128. The number of benzene rings is 2. The van der Waals surface area contributed by atoms with Crippen LogP contribution in [0.25, 0.3) is 0 Å². The maximum atomic E-state index is 12.8. The van der Waals surface area contributed by atoms with Gasteiger partial charge in [0.2, 0.25) is 11.8 Å². The van der Waals surface area contributed by atoms with E-state index in [0.29, 0.717) is 5.56 Å². The number of amides is 2. The molecular formula is C18H17FN2O3. The summed E-state index contributed by atoms with van der Waals surface area (Å²) < 4.78 is 12.8. The molecule has 0 atom stereocenters. The van der Waals surface area contributed by atoms with Crippen molar-refractivity contribution in [3.8, 4) is 0 Å². The minimum atomic E-state index is -0.466. The maximum Gasteiger partial charge on any atom is 0.242 e. The lowest BCUT2D eigenvalue weighted by atomic mass is 10.1. The van der Waals surface area contributed by atoms with Gasteiger partial charge in [0, 0.05) is 18.4 Å². The molecule has 6 heteroatoms. The molecule has 2 amide bonds. The second-order valence-electron chi connectivity index (χ2n) is 5.19. The van der Waals surface area contributed by atoms with Crippen molar-refractivity contribution in [3.63, 3.8) is 0 Å². The Morgan fingerprint density at radius 2 is 1.42 bits per heavy atom. The molecule has 0 fully saturated rings. The fourth-order valence-electron chi connectivity index (χ4n) is 2.03. The molecule has 0 bridgehead atoms. The molecular weight excluding hydrogens is 311 g/mol. The Balaban J connectivity index is 1.70. The molecule has 2 aromatic rings. The highest BCUT2D eigenvalue weighted by atomic mass is 19.1. The molecule has 24 heavy (non-hydrogen) atoms. The van der Waals surface area contributed by atoms with Crippen LogP contribution in [0.5, 0.6) is 0 Å². The zero-order valence-corrected chi connectivity index (χ0v) is 12.9. The van der Waals surface area contributed by atoms with Crippen LogP contribution in [0, 0.1) is 5.82 Å². The molecule has 0 unspecified atom stereocenters. The monoisotopic (exact) mass is 328 g/mol. The molecule has 0 aromatic heterocycles. The van der Waals surface area contributed by atoms with E-state index in [9.17, 15) is 18.8 Å². The predicted octanol–water partition coefficient (Wildman–Crippen LogP) is 2.18. The third kappa shape index (κ3) is 5.64. The first-order valence-corrected chi connectivity index (χ1v) is 7.45. The Morgan fingerprint density at radius 1 is 0.792 bits per heavy atom. The summed E-state index contributed by atoms with van der Waals surface area (Å²) in [7, 11) is 0. The Labute approximate surface area is 138 Å². The molecule has 2 aromatic carbocycles. The molecule has 5 nitrogen and oxygen atoms in total. The molecule has 0 spiro atoms. The van der Waals surface area contributed by atoms with Crippen LogP contribution < -0.4 is 10.9 Å². The number of rotatable bonds is 6. The smallest absolute Gasteiger partial charge is 0.242 e. The summed E-state index contributed by atoms with van der Waals surface area (Å²) in [6.45, 7) is 0. The van der Waals surface area contributed by atoms with E-state index in [0.717, 1.165) is 5.56 Å². The SMILES string of the molecule is O=C(CCC(=O)c1ccc(F)cc1)NNC(=O)Cc1ccccc1. The van der Waals surface area contributed by atoms with Gasteiger partial charge in [0.05, 0.1) is 6.42 Å². The van der Waals surface area contributed by atoms with Crippen LogP contribution in [0.15, 0.2) is 54.6 Å². The number of hydrogen-bond donors (Lipinski definition) is 2. The van der Waals surface area contributed by atoms with Gasteiger partial charge in [-0.05, 0) is 29.8 Å². The number of halogens is 1. The number of nitrogens with one attached hydrogen (secondary N) is 2. The number of Topliss-reactive ketones (excluding diaryl/α,β-unsaturated/α-hetero) is 1. The van der Waals surface area contributed by atoms with Gasteiger partial charge in [0.1, 0.15) is 5.82 Å². The zero-order valence-electron chi connectivity index (χ0n) is 12.9. The Morgan fingerprint density at radius 3 is 2.08 bits per heavy atom. The van der Waals surface area contributed by atoms with Gasteiger partial charge >= 0.3 is 0 Å². The van der Waals surface area contributed by atoms with Crippen LogP contribution in [-0.4, -0.2) is 17.6 Å². The van der Waals surface area contributed by atoms with E-state index in [2.05, 4.69) is 10.9 Å². The normalized spacial score (nSPS) is 10.0. The second kappa shape index (κ2) is 8.57. The van der Waals surface area contributed by atoms with Crippen LogP contribution >= 0.6 is 0 Å². The van der Waals surface area contributed by atoms with Crippen molar-refractivity contribution in [2.75, 3.05) is 0 Å². The first-order valence-electron chi connectivity index (χ1n) is 7.45. The lowest BCUT2D eigenvalue weighted by Crippen LogP contribution is -2.42. The van der Waals surface area contributed by atoms with E-state index in [1.807, 2.05) is 30.3 Å². The largest absolute Gasteiger partial charge is 0.294 e. The summed E-state index contributed by atoms with van der Waals surface area (Å²) >= 11 is 0. The van der Waals surface area contributed by atoms with Gasteiger partial charge in [-0.15, -0.1) is 0 Å². The quantitative estimate of drug-likeness (QED) is 0.630. The summed E-state index contributed by atoms with van der Waals surface area (Å²) in [6.07, 6.45) is 0.0590. The van der Waals surface area contributed by atoms with Crippen LogP contribution in [0.1, 0.15) is 28.8 Å². The molecule has 2 rings (SSSR count). The molecule has 0 aliphatic carbocycles. The number of hydrazine groups is 1. The highest BCUT2D eigenvalue weighted by molar-refractivity contribution is 5.98. The molecule has 124 valence electrons. The van der Waals surface area contributed by atoms with Gasteiger partial charge in [-0.2, -0.15) is 0 Å². The minimum Gasteiger partial charge on any atom is -0.294 e. The number of hydrogen-bond acceptors (Lipinski definition) is 3. The van der Waals surface area contributed by atoms with Crippen molar-refractivity contribution < 1.29 is 18.8 Å². The van der Waals surface area contributed by atoms with Gasteiger partial charge in [0.25, 0.3) is 0 Å². The second-order valence-corrected chi connectivity index (χ2v) is 5.19. The standard InChI is InChI=1S/C18H17FN2O3/c19-15-8-6-14(7-9-15)16(22)10-11-17(23)20-21-18(24)12-13-4-2-1-3-5-13/h1-9H,10-12H2,(H,20,23)(H,21,24). The van der Waals surface area contributed by atoms with E-state index >= 15 is 0 Å². The molecule has 0 aliphatic rings. The van der Waals surface area contributed by atoms with Crippen molar-refractivity contribution in [1.82, 2.24) is 10.9 Å². The Hall–Kier alpha value is -3.02. The van der Waals surface area contributed by atoms with Crippen molar-refractivity contribution in [2.24, 2.45) is 0 Å². The lowest BCUT2D eigenvalue weighted by Gasteiger charge is -2.07. The van der Waals surface area contributed by atoms with E-state index in [1.165, 1.54) is 24.3 Å².